The van der Waals surface area contributed by atoms with E-state index >= 15 is 0 Å². The van der Waals surface area contributed by atoms with Crippen LogP contribution in [0.1, 0.15) is 42.3 Å². The summed E-state index contributed by atoms with van der Waals surface area (Å²) >= 11 is 0. The average Bonchev–Trinajstić information content (AvgIpc) is 2.64. The van der Waals surface area contributed by atoms with Crippen LogP contribution in [0.4, 0.5) is 18.0 Å². The van der Waals surface area contributed by atoms with Gasteiger partial charge in [0.05, 0.1) is 18.2 Å². The molecule has 0 heterocycles. The minimum atomic E-state index is -4.85. The molecule has 30 heavy (non-hydrogen) atoms. The number of hydrogen-bond donors (Lipinski definition) is 2. The number of halogens is 3. The van der Waals surface area contributed by atoms with Gasteiger partial charge in [0.25, 0.3) is 5.91 Å². The van der Waals surface area contributed by atoms with Crippen molar-refractivity contribution in [2.24, 2.45) is 0 Å². The topological polar surface area (TPSA) is 76.7 Å². The number of benzene rings is 2. The molecule has 3 amide bonds. The first-order chi connectivity index (χ1) is 13.9. The van der Waals surface area contributed by atoms with Crippen LogP contribution < -0.4 is 20.1 Å². The van der Waals surface area contributed by atoms with Crippen molar-refractivity contribution in [3.63, 3.8) is 0 Å². The molecule has 6 nitrogen and oxygen atoms in total. The summed E-state index contributed by atoms with van der Waals surface area (Å²) in [5.74, 6) is -1.46. The fourth-order valence-corrected chi connectivity index (χ4v) is 2.53. The van der Waals surface area contributed by atoms with Crippen molar-refractivity contribution in [1.82, 2.24) is 10.6 Å². The lowest BCUT2D eigenvalue weighted by Crippen LogP contribution is -2.48. The van der Waals surface area contributed by atoms with Crippen LogP contribution in [-0.4, -0.2) is 24.6 Å². The van der Waals surface area contributed by atoms with Crippen molar-refractivity contribution in [3.05, 3.63) is 59.2 Å². The first kappa shape index (κ1) is 23.1. The number of alkyl halides is 3. The van der Waals surface area contributed by atoms with Gasteiger partial charge in [0.15, 0.2) is 11.5 Å². The predicted octanol–water partition coefficient (Wildman–Crippen LogP) is 4.53. The van der Waals surface area contributed by atoms with Gasteiger partial charge in [-0.3, -0.25) is 10.1 Å². The molecule has 2 aromatic rings. The molecule has 0 bridgehead atoms. The van der Waals surface area contributed by atoms with E-state index < -0.39 is 34.8 Å². The van der Waals surface area contributed by atoms with Gasteiger partial charge in [-0.15, -0.1) is 0 Å². The van der Waals surface area contributed by atoms with Crippen LogP contribution >= 0.6 is 0 Å². The molecule has 0 aliphatic heterocycles. The van der Waals surface area contributed by atoms with E-state index in [2.05, 4.69) is 5.32 Å². The van der Waals surface area contributed by atoms with Crippen LogP contribution in [0, 0.1) is 0 Å². The summed E-state index contributed by atoms with van der Waals surface area (Å²) in [4.78, 5) is 24.4. The Bertz CT molecular complexity index is 907. The number of methoxy groups -OCH3 is 1. The molecule has 0 saturated carbocycles. The molecule has 0 aliphatic rings. The molecular formula is C21H23F3N2O4. The Labute approximate surface area is 172 Å². The van der Waals surface area contributed by atoms with E-state index in [1.807, 2.05) is 11.4 Å². The molecular weight excluding hydrogens is 401 g/mol. The van der Waals surface area contributed by atoms with E-state index in [0.29, 0.717) is 6.07 Å². The van der Waals surface area contributed by atoms with Gasteiger partial charge in [-0.1, -0.05) is 30.3 Å². The van der Waals surface area contributed by atoms with E-state index in [0.717, 1.165) is 11.6 Å². The summed E-state index contributed by atoms with van der Waals surface area (Å²) in [7, 11) is 1.20. The molecule has 9 heteroatoms. The fraction of sp³-hybridized carbons (Fsp3) is 0.333. The van der Waals surface area contributed by atoms with Gasteiger partial charge in [-0.25, -0.2) is 4.79 Å². The average molecular weight is 424 g/mol. The molecule has 2 aromatic carbocycles. The third-order valence-corrected chi connectivity index (χ3v) is 3.81. The monoisotopic (exact) mass is 424 g/mol. The van der Waals surface area contributed by atoms with Crippen molar-refractivity contribution in [3.8, 4) is 11.5 Å². The Morgan fingerprint density at radius 3 is 2.17 bits per heavy atom. The first-order valence-corrected chi connectivity index (χ1v) is 9.00. The zero-order chi connectivity index (χ0) is 22.5. The second kappa shape index (κ2) is 9.06. The van der Waals surface area contributed by atoms with Crippen LogP contribution in [0.5, 0.6) is 11.5 Å². The minimum absolute atomic E-state index is 0.0497. The highest BCUT2D eigenvalue weighted by molar-refractivity contribution is 6.05. The number of hydrogen-bond acceptors (Lipinski definition) is 4. The van der Waals surface area contributed by atoms with Crippen LogP contribution in [0.3, 0.4) is 0 Å². The molecule has 2 rings (SSSR count). The van der Waals surface area contributed by atoms with Crippen LogP contribution in [0.25, 0.3) is 0 Å². The smallest absolute Gasteiger partial charge is 0.417 e. The van der Waals surface area contributed by atoms with Crippen LogP contribution in [-0.2, 0) is 12.8 Å². The molecule has 0 spiro atoms. The van der Waals surface area contributed by atoms with Crippen LogP contribution in [0.2, 0.25) is 0 Å². The zero-order valence-corrected chi connectivity index (χ0v) is 17.0. The van der Waals surface area contributed by atoms with Gasteiger partial charge in [0.1, 0.15) is 6.61 Å². The lowest BCUT2D eigenvalue weighted by molar-refractivity contribution is -0.138. The quantitative estimate of drug-likeness (QED) is 0.739. The largest absolute Gasteiger partial charge is 0.493 e. The Morgan fingerprint density at radius 1 is 1.00 bits per heavy atom. The lowest BCUT2D eigenvalue weighted by Gasteiger charge is -2.21. The summed E-state index contributed by atoms with van der Waals surface area (Å²) in [6.45, 7) is 5.05. The molecule has 0 aliphatic carbocycles. The van der Waals surface area contributed by atoms with E-state index in [9.17, 15) is 22.8 Å². The van der Waals surface area contributed by atoms with Crippen molar-refractivity contribution in [2.45, 2.75) is 39.1 Å². The maximum atomic E-state index is 13.5. The summed E-state index contributed by atoms with van der Waals surface area (Å²) in [6, 6.07) is 9.63. The van der Waals surface area contributed by atoms with Crippen molar-refractivity contribution >= 4 is 11.9 Å². The summed E-state index contributed by atoms with van der Waals surface area (Å²) in [6.07, 6.45) is -4.85. The molecule has 0 fully saturated rings. The third-order valence-electron chi connectivity index (χ3n) is 3.81. The summed E-state index contributed by atoms with van der Waals surface area (Å²) in [5.41, 5.74) is -1.90. The van der Waals surface area contributed by atoms with Crippen molar-refractivity contribution in [1.29, 1.82) is 0 Å². The normalized spacial score (nSPS) is 11.6. The number of rotatable bonds is 5. The van der Waals surface area contributed by atoms with Gasteiger partial charge in [0.2, 0.25) is 0 Å². The zero-order valence-electron chi connectivity index (χ0n) is 17.0. The SMILES string of the molecule is COc1cc(C(F)(F)F)c(C(=O)NC(=O)NC(C)(C)C)cc1OCc1ccccc1. The maximum Gasteiger partial charge on any atom is 0.417 e. The van der Waals surface area contributed by atoms with Crippen LogP contribution in [0.15, 0.2) is 42.5 Å². The minimum Gasteiger partial charge on any atom is -0.493 e. The van der Waals surface area contributed by atoms with Crippen molar-refractivity contribution < 1.29 is 32.2 Å². The number of ether oxygens (including phenoxy) is 2. The van der Waals surface area contributed by atoms with Crippen molar-refractivity contribution in [2.75, 3.05) is 7.11 Å². The highest BCUT2D eigenvalue weighted by Crippen LogP contribution is 2.39. The number of carbonyl (C=O) groups is 2. The van der Waals surface area contributed by atoms with Gasteiger partial charge >= 0.3 is 12.2 Å². The molecule has 0 radical (unpaired) electrons. The third kappa shape index (κ3) is 6.40. The second-order valence-corrected chi connectivity index (χ2v) is 7.48. The summed E-state index contributed by atoms with van der Waals surface area (Å²) in [5, 5.41) is 4.37. The molecule has 0 atom stereocenters. The predicted molar refractivity (Wildman–Crippen MR) is 105 cm³/mol. The molecule has 0 unspecified atom stereocenters. The standard InChI is InChI=1S/C21H23F3N2O4/c1-20(2,3)26-19(28)25-18(27)14-10-17(30-12-13-8-6-5-7-9-13)16(29-4)11-15(14)21(22,23)24/h5-11H,12H2,1-4H3,(H2,25,26,27,28). The number of imide groups is 1. The highest BCUT2D eigenvalue weighted by atomic mass is 19.4. The number of urea groups is 1. The highest BCUT2D eigenvalue weighted by Gasteiger charge is 2.37. The van der Waals surface area contributed by atoms with E-state index in [4.69, 9.17) is 9.47 Å². The number of carbonyl (C=O) groups excluding carboxylic acids is 2. The van der Waals surface area contributed by atoms with E-state index in [1.165, 1.54) is 7.11 Å². The molecule has 0 aromatic heterocycles. The van der Waals surface area contributed by atoms with E-state index in [-0.39, 0.29) is 18.1 Å². The Kier molecular flexibility index (Phi) is 6.96. The van der Waals surface area contributed by atoms with Gasteiger partial charge < -0.3 is 14.8 Å². The molecule has 162 valence electrons. The Balaban J connectivity index is 2.38. The van der Waals surface area contributed by atoms with E-state index in [1.54, 1.807) is 45.0 Å². The molecule has 2 N–H and O–H groups in total. The van der Waals surface area contributed by atoms with Gasteiger partial charge in [0, 0.05) is 5.54 Å². The first-order valence-electron chi connectivity index (χ1n) is 9.00. The summed E-state index contributed by atoms with van der Waals surface area (Å²) < 4.78 is 51.2. The van der Waals surface area contributed by atoms with Gasteiger partial charge in [-0.2, -0.15) is 13.2 Å². The maximum absolute atomic E-state index is 13.5. The number of nitrogens with one attached hydrogen (secondary N) is 2. The molecule has 0 saturated heterocycles. The Hall–Kier alpha value is -3.23. The second-order valence-electron chi connectivity index (χ2n) is 7.48. The lowest BCUT2D eigenvalue weighted by atomic mass is 10.0. The van der Waals surface area contributed by atoms with Gasteiger partial charge in [-0.05, 0) is 38.5 Å². The fourth-order valence-electron chi connectivity index (χ4n) is 2.53. The number of amides is 3. The Morgan fingerprint density at radius 2 is 1.63 bits per heavy atom.